The second-order valence-corrected chi connectivity index (χ2v) is 6.11. The Morgan fingerprint density at radius 1 is 1.53 bits per heavy atom. The summed E-state index contributed by atoms with van der Waals surface area (Å²) in [4.78, 5) is 0.183. The number of aryl methyl sites for hydroxylation is 1. The van der Waals surface area contributed by atoms with Gasteiger partial charge >= 0.3 is 0 Å². The van der Waals surface area contributed by atoms with Crippen molar-refractivity contribution >= 4 is 10.0 Å². The van der Waals surface area contributed by atoms with Crippen LogP contribution in [0.2, 0.25) is 0 Å². The Kier molecular flexibility index (Phi) is 4.67. The number of rotatable bonds is 6. The molecule has 98 valence electrons. The van der Waals surface area contributed by atoms with Crippen LogP contribution in [-0.2, 0) is 17.1 Å². The van der Waals surface area contributed by atoms with Gasteiger partial charge in [0.05, 0.1) is 6.20 Å². The van der Waals surface area contributed by atoms with E-state index in [2.05, 4.69) is 9.82 Å². The summed E-state index contributed by atoms with van der Waals surface area (Å²) in [6.45, 7) is 4.39. The number of nitrogens with two attached hydrogens (primary N) is 1. The number of hydrogen-bond donors (Lipinski definition) is 2. The second kappa shape index (κ2) is 5.61. The molecule has 7 heteroatoms. The molecule has 0 fully saturated rings. The van der Waals surface area contributed by atoms with Crippen LogP contribution in [0.5, 0.6) is 0 Å². The molecule has 1 atom stereocenters. The van der Waals surface area contributed by atoms with Crippen LogP contribution in [0.25, 0.3) is 0 Å². The molecule has 0 aliphatic rings. The molecule has 0 bridgehead atoms. The Labute approximate surface area is 102 Å². The van der Waals surface area contributed by atoms with Gasteiger partial charge in [-0.2, -0.15) is 5.10 Å². The Morgan fingerprint density at radius 2 is 2.18 bits per heavy atom. The van der Waals surface area contributed by atoms with E-state index < -0.39 is 10.0 Å². The van der Waals surface area contributed by atoms with Crippen molar-refractivity contribution in [2.24, 2.45) is 18.7 Å². The fourth-order valence-corrected chi connectivity index (χ4v) is 2.91. The predicted molar refractivity (Wildman–Crippen MR) is 65.8 cm³/mol. The molecule has 6 nitrogen and oxygen atoms in total. The second-order valence-electron chi connectivity index (χ2n) is 4.40. The zero-order valence-electron chi connectivity index (χ0n) is 10.4. The average molecular weight is 260 g/mol. The fraction of sp³-hybridized carbons (Fsp3) is 0.700. The molecule has 17 heavy (non-hydrogen) atoms. The van der Waals surface area contributed by atoms with E-state index in [1.165, 1.54) is 17.1 Å². The summed E-state index contributed by atoms with van der Waals surface area (Å²) in [5.41, 5.74) is 5.48. The lowest BCUT2D eigenvalue weighted by Gasteiger charge is -2.21. The molecule has 0 saturated heterocycles. The van der Waals surface area contributed by atoms with Crippen molar-refractivity contribution in [2.75, 3.05) is 6.54 Å². The zero-order chi connectivity index (χ0) is 13.1. The third kappa shape index (κ3) is 3.79. The van der Waals surface area contributed by atoms with Gasteiger partial charge in [-0.05, 0) is 18.9 Å². The molecule has 0 radical (unpaired) electrons. The molecule has 1 aromatic heterocycles. The third-order valence-corrected chi connectivity index (χ3v) is 4.02. The Balaban J connectivity index is 2.84. The van der Waals surface area contributed by atoms with Gasteiger partial charge in [-0.25, -0.2) is 13.1 Å². The van der Waals surface area contributed by atoms with E-state index in [9.17, 15) is 8.42 Å². The monoisotopic (exact) mass is 260 g/mol. The Bertz CT molecular complexity index is 453. The molecule has 1 unspecified atom stereocenters. The number of nitrogens with zero attached hydrogens (tertiary/aromatic N) is 2. The highest BCUT2D eigenvalue weighted by molar-refractivity contribution is 7.89. The Morgan fingerprint density at radius 3 is 2.59 bits per heavy atom. The van der Waals surface area contributed by atoms with Gasteiger partial charge in [-0.1, -0.05) is 13.8 Å². The lowest BCUT2D eigenvalue weighted by Crippen LogP contribution is -2.39. The minimum atomic E-state index is -3.49. The van der Waals surface area contributed by atoms with Crippen LogP contribution in [0.1, 0.15) is 20.3 Å². The van der Waals surface area contributed by atoms with E-state index in [1.54, 1.807) is 7.05 Å². The summed E-state index contributed by atoms with van der Waals surface area (Å²) in [5, 5.41) is 3.85. The van der Waals surface area contributed by atoms with Crippen molar-refractivity contribution in [1.29, 1.82) is 0 Å². The van der Waals surface area contributed by atoms with Gasteiger partial charge < -0.3 is 5.73 Å². The normalized spacial score (nSPS) is 14.2. The molecule has 0 aliphatic carbocycles. The average Bonchev–Trinajstić information content (AvgIpc) is 2.64. The van der Waals surface area contributed by atoms with Crippen LogP contribution in [0.15, 0.2) is 17.3 Å². The summed E-state index contributed by atoms with van der Waals surface area (Å²) in [7, 11) is -1.82. The number of nitrogens with one attached hydrogen (secondary N) is 1. The Hall–Kier alpha value is -0.920. The van der Waals surface area contributed by atoms with E-state index >= 15 is 0 Å². The summed E-state index contributed by atoms with van der Waals surface area (Å²) < 4.78 is 28.2. The highest BCUT2D eigenvalue weighted by Crippen LogP contribution is 2.12. The van der Waals surface area contributed by atoms with E-state index in [1.807, 2.05) is 13.8 Å². The van der Waals surface area contributed by atoms with Crippen LogP contribution in [0, 0.1) is 5.92 Å². The highest BCUT2D eigenvalue weighted by atomic mass is 32.2. The van der Waals surface area contributed by atoms with Crippen LogP contribution < -0.4 is 10.5 Å². The zero-order valence-corrected chi connectivity index (χ0v) is 11.2. The fourth-order valence-electron chi connectivity index (χ4n) is 1.51. The number of hydrogen-bond acceptors (Lipinski definition) is 4. The molecule has 0 aliphatic heterocycles. The van der Waals surface area contributed by atoms with Gasteiger partial charge in [0.1, 0.15) is 4.90 Å². The van der Waals surface area contributed by atoms with Crippen molar-refractivity contribution in [3.05, 3.63) is 12.4 Å². The molecular formula is C10H20N4O2S. The van der Waals surface area contributed by atoms with Gasteiger partial charge in [0.25, 0.3) is 0 Å². The third-order valence-electron chi connectivity index (χ3n) is 2.58. The first-order valence-electron chi connectivity index (χ1n) is 5.58. The first-order chi connectivity index (χ1) is 7.86. The smallest absolute Gasteiger partial charge is 0.243 e. The molecule has 1 rings (SSSR count). The van der Waals surface area contributed by atoms with Gasteiger partial charge in [-0.15, -0.1) is 0 Å². The molecule has 0 saturated carbocycles. The van der Waals surface area contributed by atoms with Crippen LogP contribution >= 0.6 is 0 Å². The quantitative estimate of drug-likeness (QED) is 0.757. The maximum Gasteiger partial charge on any atom is 0.243 e. The molecule has 1 aromatic rings. The minimum Gasteiger partial charge on any atom is -0.330 e. The number of aromatic nitrogens is 2. The largest absolute Gasteiger partial charge is 0.330 e. The van der Waals surface area contributed by atoms with Crippen LogP contribution in [0.4, 0.5) is 0 Å². The lowest BCUT2D eigenvalue weighted by molar-refractivity contribution is 0.428. The molecule has 0 spiro atoms. The van der Waals surface area contributed by atoms with Gasteiger partial charge in [0, 0.05) is 19.3 Å². The molecule has 1 heterocycles. The summed E-state index contributed by atoms with van der Waals surface area (Å²) in [6, 6.07) is -0.148. The molecule has 3 N–H and O–H groups in total. The van der Waals surface area contributed by atoms with Gasteiger partial charge in [0.15, 0.2) is 0 Å². The molecular weight excluding hydrogens is 240 g/mol. The summed E-state index contributed by atoms with van der Waals surface area (Å²) in [5.74, 6) is 0.199. The minimum absolute atomic E-state index is 0.148. The van der Waals surface area contributed by atoms with E-state index in [4.69, 9.17) is 5.73 Å². The van der Waals surface area contributed by atoms with Crippen molar-refractivity contribution in [3.63, 3.8) is 0 Å². The predicted octanol–water partition coefficient (Wildman–Crippen LogP) is 0.0718. The van der Waals surface area contributed by atoms with E-state index in [0.29, 0.717) is 13.0 Å². The van der Waals surface area contributed by atoms with Crippen molar-refractivity contribution in [1.82, 2.24) is 14.5 Å². The first-order valence-corrected chi connectivity index (χ1v) is 7.06. The topological polar surface area (TPSA) is 90.0 Å². The highest BCUT2D eigenvalue weighted by Gasteiger charge is 2.22. The van der Waals surface area contributed by atoms with E-state index in [0.717, 1.165) is 0 Å². The molecule has 0 amide bonds. The van der Waals surface area contributed by atoms with Gasteiger partial charge in [0.2, 0.25) is 10.0 Å². The van der Waals surface area contributed by atoms with Crippen molar-refractivity contribution in [3.8, 4) is 0 Å². The van der Waals surface area contributed by atoms with Crippen molar-refractivity contribution < 1.29 is 8.42 Å². The first kappa shape index (κ1) is 14.1. The SMILES string of the molecule is CC(C)C(CCN)NS(=O)(=O)c1cnn(C)c1. The summed E-state index contributed by atoms with van der Waals surface area (Å²) in [6.07, 6.45) is 3.43. The van der Waals surface area contributed by atoms with Crippen LogP contribution in [0.3, 0.4) is 0 Å². The summed E-state index contributed by atoms with van der Waals surface area (Å²) >= 11 is 0. The number of sulfonamides is 1. The molecule has 0 aromatic carbocycles. The lowest BCUT2D eigenvalue weighted by atomic mass is 10.0. The maximum absolute atomic E-state index is 12.0. The van der Waals surface area contributed by atoms with Crippen molar-refractivity contribution in [2.45, 2.75) is 31.2 Å². The van der Waals surface area contributed by atoms with E-state index in [-0.39, 0.29) is 16.9 Å². The van der Waals surface area contributed by atoms with Gasteiger partial charge in [-0.3, -0.25) is 4.68 Å². The standard InChI is InChI=1S/C10H20N4O2S/c1-8(2)10(4-5-11)13-17(15,16)9-6-12-14(3)7-9/h6-8,10,13H,4-5,11H2,1-3H3. The maximum atomic E-state index is 12.0. The van der Waals surface area contributed by atoms with Crippen LogP contribution in [-0.4, -0.2) is 30.8 Å².